The van der Waals surface area contributed by atoms with Crippen molar-refractivity contribution in [3.05, 3.63) is 23.8 Å². The van der Waals surface area contributed by atoms with E-state index >= 15 is 0 Å². The summed E-state index contributed by atoms with van der Waals surface area (Å²) in [4.78, 5) is 13.3. The lowest BCUT2D eigenvalue weighted by Gasteiger charge is -2.29. The Morgan fingerprint density at radius 2 is 2.20 bits per heavy atom. The van der Waals surface area contributed by atoms with Gasteiger partial charge in [-0.05, 0) is 30.2 Å². The zero-order valence-electron chi connectivity index (χ0n) is 8.36. The van der Waals surface area contributed by atoms with Crippen LogP contribution < -0.4 is 21.9 Å². The first-order valence-corrected chi connectivity index (χ1v) is 4.84. The van der Waals surface area contributed by atoms with Crippen LogP contribution in [0.5, 0.6) is 0 Å². The summed E-state index contributed by atoms with van der Waals surface area (Å²) in [5.41, 5.74) is 10.9. The largest absolute Gasteiger partial charge is 0.399 e. The van der Waals surface area contributed by atoms with Gasteiger partial charge >= 0.3 is 0 Å². The van der Waals surface area contributed by atoms with Gasteiger partial charge in [-0.3, -0.25) is 15.5 Å². The number of nitrogen functional groups attached to an aromatic ring is 1. The van der Waals surface area contributed by atoms with E-state index < -0.39 is 0 Å². The van der Waals surface area contributed by atoms with Crippen molar-refractivity contribution in [2.75, 3.05) is 17.3 Å². The first kappa shape index (κ1) is 9.95. The van der Waals surface area contributed by atoms with Crippen molar-refractivity contribution < 1.29 is 4.79 Å². The molecular formula is C10H14N4O. The third kappa shape index (κ3) is 1.79. The summed E-state index contributed by atoms with van der Waals surface area (Å²) in [6.07, 6.45) is 1.26. The van der Waals surface area contributed by atoms with Crippen molar-refractivity contribution in [1.29, 1.82) is 0 Å². The van der Waals surface area contributed by atoms with E-state index in [4.69, 9.17) is 11.6 Å². The first-order chi connectivity index (χ1) is 7.22. The molecule has 5 N–H and O–H groups in total. The maximum atomic E-state index is 11.6. The molecule has 1 aliphatic rings. The number of fused-ring (bicyclic) bond motifs is 1. The van der Waals surface area contributed by atoms with Gasteiger partial charge in [0.05, 0.1) is 6.67 Å². The molecule has 0 aromatic heterocycles. The number of rotatable bonds is 2. The molecule has 0 saturated carbocycles. The third-order valence-electron chi connectivity index (χ3n) is 2.55. The lowest BCUT2D eigenvalue weighted by molar-refractivity contribution is -0.119. The predicted octanol–water partition coefficient (Wildman–Crippen LogP) is -0.0312. The van der Waals surface area contributed by atoms with Crippen LogP contribution >= 0.6 is 0 Å². The number of hydrazine groups is 1. The van der Waals surface area contributed by atoms with Crippen LogP contribution in [-0.4, -0.2) is 12.6 Å². The Kier molecular flexibility index (Phi) is 2.57. The molecule has 1 heterocycles. The van der Waals surface area contributed by atoms with Gasteiger partial charge in [0.25, 0.3) is 0 Å². The van der Waals surface area contributed by atoms with E-state index in [0.717, 1.165) is 23.4 Å². The standard InChI is InChI=1S/C10H14N4O/c11-8-2-3-9-7(5-8)1-4-10(15)14(9)6-13-12/h2-3,5,13H,1,4,6,11-12H2. The molecule has 0 aliphatic carbocycles. The van der Waals surface area contributed by atoms with Gasteiger partial charge in [-0.1, -0.05) is 0 Å². The zero-order valence-corrected chi connectivity index (χ0v) is 8.36. The summed E-state index contributed by atoms with van der Waals surface area (Å²) in [7, 11) is 0. The van der Waals surface area contributed by atoms with E-state index in [1.807, 2.05) is 12.1 Å². The monoisotopic (exact) mass is 206 g/mol. The molecule has 0 unspecified atom stereocenters. The van der Waals surface area contributed by atoms with Gasteiger partial charge in [0.2, 0.25) is 5.91 Å². The van der Waals surface area contributed by atoms with Crippen LogP contribution in [0.2, 0.25) is 0 Å². The van der Waals surface area contributed by atoms with Crippen molar-refractivity contribution in [3.63, 3.8) is 0 Å². The van der Waals surface area contributed by atoms with Crippen LogP contribution in [0.15, 0.2) is 18.2 Å². The highest BCUT2D eigenvalue weighted by Crippen LogP contribution is 2.28. The number of carbonyl (C=O) groups is 1. The lowest BCUT2D eigenvalue weighted by atomic mass is 10.0. The number of hydrogen-bond acceptors (Lipinski definition) is 4. The molecule has 0 fully saturated rings. The summed E-state index contributed by atoms with van der Waals surface area (Å²) in [6.45, 7) is 0.329. The van der Waals surface area contributed by atoms with Gasteiger partial charge in [0, 0.05) is 17.8 Å². The molecule has 5 nitrogen and oxygen atoms in total. The lowest BCUT2D eigenvalue weighted by Crippen LogP contribution is -2.44. The topological polar surface area (TPSA) is 84.4 Å². The average Bonchev–Trinajstić information content (AvgIpc) is 2.22. The normalized spacial score (nSPS) is 15.3. The molecule has 5 heteroatoms. The maximum Gasteiger partial charge on any atom is 0.228 e. The second-order valence-electron chi connectivity index (χ2n) is 3.57. The number of carbonyl (C=O) groups excluding carboxylic acids is 1. The molecule has 0 saturated heterocycles. The highest BCUT2D eigenvalue weighted by Gasteiger charge is 2.23. The van der Waals surface area contributed by atoms with Crippen molar-refractivity contribution in [1.82, 2.24) is 5.43 Å². The molecule has 2 rings (SSSR count). The molecule has 15 heavy (non-hydrogen) atoms. The van der Waals surface area contributed by atoms with E-state index in [9.17, 15) is 4.79 Å². The second-order valence-corrected chi connectivity index (χ2v) is 3.57. The Hall–Kier alpha value is -1.59. The number of benzene rings is 1. The van der Waals surface area contributed by atoms with Crippen molar-refractivity contribution in [2.24, 2.45) is 5.84 Å². The molecule has 80 valence electrons. The van der Waals surface area contributed by atoms with Crippen molar-refractivity contribution in [2.45, 2.75) is 12.8 Å². The van der Waals surface area contributed by atoms with E-state index in [2.05, 4.69) is 5.43 Å². The molecular weight excluding hydrogens is 192 g/mol. The van der Waals surface area contributed by atoms with Crippen LogP contribution in [0.25, 0.3) is 0 Å². The number of aryl methyl sites for hydroxylation is 1. The predicted molar refractivity (Wildman–Crippen MR) is 58.9 cm³/mol. The van der Waals surface area contributed by atoms with Crippen LogP contribution in [0, 0.1) is 0 Å². The van der Waals surface area contributed by atoms with E-state index in [1.54, 1.807) is 11.0 Å². The minimum atomic E-state index is 0.0882. The fraction of sp³-hybridized carbons (Fsp3) is 0.300. The Bertz CT molecular complexity index is 391. The second kappa shape index (κ2) is 3.88. The first-order valence-electron chi connectivity index (χ1n) is 4.84. The molecule has 1 amide bonds. The van der Waals surface area contributed by atoms with Crippen LogP contribution in [0.4, 0.5) is 11.4 Å². The molecule has 0 radical (unpaired) electrons. The summed E-state index contributed by atoms with van der Waals surface area (Å²) in [6, 6.07) is 5.56. The highest BCUT2D eigenvalue weighted by atomic mass is 16.2. The molecule has 0 atom stereocenters. The number of nitrogens with zero attached hydrogens (tertiary/aromatic N) is 1. The Labute approximate surface area is 88.0 Å². The molecule has 1 aromatic carbocycles. The number of nitrogens with one attached hydrogen (secondary N) is 1. The fourth-order valence-electron chi connectivity index (χ4n) is 1.84. The van der Waals surface area contributed by atoms with Crippen molar-refractivity contribution >= 4 is 17.3 Å². The molecule has 1 aliphatic heterocycles. The summed E-state index contributed by atoms with van der Waals surface area (Å²) >= 11 is 0. The van der Waals surface area contributed by atoms with Gasteiger partial charge < -0.3 is 5.73 Å². The Morgan fingerprint density at radius 3 is 2.93 bits per heavy atom. The average molecular weight is 206 g/mol. The number of nitrogens with two attached hydrogens (primary N) is 2. The number of hydrogen-bond donors (Lipinski definition) is 3. The van der Waals surface area contributed by atoms with E-state index in [1.165, 1.54) is 0 Å². The van der Waals surface area contributed by atoms with Crippen molar-refractivity contribution in [3.8, 4) is 0 Å². The summed E-state index contributed by atoms with van der Waals surface area (Å²) in [5.74, 6) is 5.33. The maximum absolute atomic E-state index is 11.6. The minimum Gasteiger partial charge on any atom is -0.399 e. The highest BCUT2D eigenvalue weighted by molar-refractivity contribution is 5.96. The minimum absolute atomic E-state index is 0.0882. The third-order valence-corrected chi connectivity index (χ3v) is 2.55. The molecule has 1 aromatic rings. The quantitative estimate of drug-likeness (QED) is 0.360. The van der Waals surface area contributed by atoms with Gasteiger partial charge in [0.1, 0.15) is 0 Å². The van der Waals surface area contributed by atoms with Gasteiger partial charge in [-0.2, -0.15) is 0 Å². The Balaban J connectivity index is 2.39. The summed E-state index contributed by atoms with van der Waals surface area (Å²) in [5, 5.41) is 0. The molecule has 0 spiro atoms. The van der Waals surface area contributed by atoms with Gasteiger partial charge in [-0.25, -0.2) is 5.43 Å². The van der Waals surface area contributed by atoms with Gasteiger partial charge in [0.15, 0.2) is 0 Å². The fourth-order valence-corrected chi connectivity index (χ4v) is 1.84. The number of anilines is 2. The van der Waals surface area contributed by atoms with Crippen LogP contribution in [-0.2, 0) is 11.2 Å². The number of amides is 1. The molecule has 0 bridgehead atoms. The van der Waals surface area contributed by atoms with Crippen LogP contribution in [0.3, 0.4) is 0 Å². The van der Waals surface area contributed by atoms with Crippen LogP contribution in [0.1, 0.15) is 12.0 Å². The SMILES string of the molecule is NNCN1C(=O)CCc2cc(N)ccc21. The zero-order chi connectivity index (χ0) is 10.8. The Morgan fingerprint density at radius 1 is 1.40 bits per heavy atom. The summed E-state index contributed by atoms with van der Waals surface area (Å²) < 4.78 is 0. The smallest absolute Gasteiger partial charge is 0.228 e. The van der Waals surface area contributed by atoms with E-state index in [0.29, 0.717) is 13.1 Å². The van der Waals surface area contributed by atoms with E-state index in [-0.39, 0.29) is 5.91 Å². The van der Waals surface area contributed by atoms with Gasteiger partial charge in [-0.15, -0.1) is 0 Å².